The quantitative estimate of drug-likeness (QED) is 0.679. The van der Waals surface area contributed by atoms with Crippen LogP contribution in [0.3, 0.4) is 0 Å². The Hall–Kier alpha value is -2.70. The van der Waals surface area contributed by atoms with Gasteiger partial charge in [0.1, 0.15) is 6.04 Å². The molecule has 1 heterocycles. The summed E-state index contributed by atoms with van der Waals surface area (Å²) in [5.41, 5.74) is 1.74. The van der Waals surface area contributed by atoms with Gasteiger partial charge in [0.2, 0.25) is 11.8 Å². The van der Waals surface area contributed by atoms with Crippen LogP contribution in [0.5, 0.6) is 0 Å². The molecule has 2 atom stereocenters. The first kappa shape index (κ1) is 20.6. The summed E-state index contributed by atoms with van der Waals surface area (Å²) in [6, 6.07) is 4.59. The number of rotatable bonds is 8. The lowest BCUT2D eigenvalue weighted by Crippen LogP contribution is -2.47. The summed E-state index contributed by atoms with van der Waals surface area (Å²) in [7, 11) is 0. The van der Waals surface area contributed by atoms with Crippen LogP contribution in [0.15, 0.2) is 18.2 Å². The third kappa shape index (κ3) is 4.93. The molecular weight excluding hydrogens is 346 g/mol. The molecule has 0 aromatic heterocycles. The van der Waals surface area contributed by atoms with Gasteiger partial charge in [-0.05, 0) is 45.7 Å². The molecule has 0 bridgehead atoms. The fraction of sp³-hybridized carbons (Fsp3) is 0.500. The summed E-state index contributed by atoms with van der Waals surface area (Å²) in [6.07, 6.45) is 1.29. The van der Waals surface area contributed by atoms with Crippen LogP contribution in [0.4, 0.5) is 0 Å². The molecule has 1 aliphatic heterocycles. The fourth-order valence-corrected chi connectivity index (χ4v) is 2.85. The Kier molecular flexibility index (Phi) is 6.71. The minimum atomic E-state index is -0.631. The van der Waals surface area contributed by atoms with E-state index >= 15 is 0 Å². The van der Waals surface area contributed by atoms with E-state index in [0.29, 0.717) is 17.5 Å². The van der Waals surface area contributed by atoms with Crippen molar-refractivity contribution in [2.75, 3.05) is 6.54 Å². The normalized spacial score (nSPS) is 15.3. The number of carbonyl (C=O) groups is 4. The number of hydrogen-bond acceptors (Lipinski definition) is 4. The van der Waals surface area contributed by atoms with E-state index in [9.17, 15) is 19.2 Å². The number of aryl methyl sites for hydroxylation is 1. The van der Waals surface area contributed by atoms with Crippen molar-refractivity contribution in [3.05, 3.63) is 34.9 Å². The largest absolute Gasteiger partial charge is 0.352 e. The van der Waals surface area contributed by atoms with E-state index in [1.54, 1.807) is 25.1 Å². The van der Waals surface area contributed by atoms with E-state index < -0.39 is 6.04 Å². The second kappa shape index (κ2) is 8.79. The highest BCUT2D eigenvalue weighted by Crippen LogP contribution is 2.24. The highest BCUT2D eigenvalue weighted by atomic mass is 16.2. The molecule has 4 amide bonds. The summed E-state index contributed by atoms with van der Waals surface area (Å²) in [6.45, 7) is 7.53. The zero-order chi connectivity index (χ0) is 20.1. The third-order valence-electron chi connectivity index (χ3n) is 4.68. The predicted octanol–water partition coefficient (Wildman–Crippen LogP) is 1.79. The van der Waals surface area contributed by atoms with Gasteiger partial charge in [-0.15, -0.1) is 0 Å². The molecule has 7 nitrogen and oxygen atoms in total. The summed E-state index contributed by atoms with van der Waals surface area (Å²) in [5.74, 6) is -1.15. The van der Waals surface area contributed by atoms with Crippen LogP contribution < -0.4 is 10.6 Å². The average Bonchev–Trinajstić information content (AvgIpc) is 2.85. The maximum atomic E-state index is 12.4. The van der Waals surface area contributed by atoms with Crippen LogP contribution in [-0.2, 0) is 9.59 Å². The Morgan fingerprint density at radius 2 is 1.74 bits per heavy atom. The molecule has 0 saturated carbocycles. The molecule has 0 spiro atoms. The van der Waals surface area contributed by atoms with Gasteiger partial charge in [-0.3, -0.25) is 24.1 Å². The van der Waals surface area contributed by atoms with Gasteiger partial charge in [-0.25, -0.2) is 0 Å². The number of amides is 4. The minimum Gasteiger partial charge on any atom is -0.352 e. The van der Waals surface area contributed by atoms with Crippen LogP contribution in [0.2, 0.25) is 0 Å². The summed E-state index contributed by atoms with van der Waals surface area (Å²) < 4.78 is 0. The van der Waals surface area contributed by atoms with Crippen molar-refractivity contribution >= 4 is 23.6 Å². The van der Waals surface area contributed by atoms with Gasteiger partial charge in [-0.1, -0.05) is 18.6 Å². The smallest absolute Gasteiger partial charge is 0.261 e. The predicted molar refractivity (Wildman–Crippen MR) is 101 cm³/mol. The topological polar surface area (TPSA) is 95.6 Å². The first-order valence-electron chi connectivity index (χ1n) is 9.31. The molecule has 1 aliphatic rings. The summed E-state index contributed by atoms with van der Waals surface area (Å²) >= 11 is 0. The van der Waals surface area contributed by atoms with E-state index in [2.05, 4.69) is 10.6 Å². The number of fused-ring (bicyclic) bond motifs is 1. The van der Waals surface area contributed by atoms with Crippen molar-refractivity contribution in [3.63, 3.8) is 0 Å². The van der Waals surface area contributed by atoms with Crippen LogP contribution in [-0.4, -0.2) is 47.2 Å². The Labute approximate surface area is 159 Å². The lowest BCUT2D eigenvalue weighted by Gasteiger charge is -2.18. The maximum Gasteiger partial charge on any atom is 0.261 e. The SMILES string of the molecule is CCC(C)NC(=O)C(C)NC(=O)CCCN1C(=O)c2ccc(C)cc2C1=O. The second-order valence-corrected chi connectivity index (χ2v) is 7.02. The zero-order valence-electron chi connectivity index (χ0n) is 16.3. The van der Waals surface area contributed by atoms with Gasteiger partial charge < -0.3 is 10.6 Å². The van der Waals surface area contributed by atoms with Gasteiger partial charge in [0.25, 0.3) is 11.8 Å². The first-order chi connectivity index (χ1) is 12.7. The van der Waals surface area contributed by atoms with Crippen molar-refractivity contribution in [2.45, 2.75) is 59.0 Å². The van der Waals surface area contributed by atoms with Gasteiger partial charge in [0, 0.05) is 19.0 Å². The lowest BCUT2D eigenvalue weighted by molar-refractivity contribution is -0.129. The molecule has 2 unspecified atom stereocenters. The van der Waals surface area contributed by atoms with Crippen molar-refractivity contribution in [2.24, 2.45) is 0 Å². The van der Waals surface area contributed by atoms with Crippen LogP contribution in [0.1, 0.15) is 66.3 Å². The Morgan fingerprint density at radius 1 is 1.07 bits per heavy atom. The number of nitrogens with zero attached hydrogens (tertiary/aromatic N) is 1. The molecule has 0 radical (unpaired) electrons. The molecule has 1 aromatic carbocycles. The number of hydrogen-bond donors (Lipinski definition) is 2. The summed E-state index contributed by atoms with van der Waals surface area (Å²) in [5, 5.41) is 5.45. The average molecular weight is 373 g/mol. The van der Waals surface area contributed by atoms with Gasteiger partial charge >= 0.3 is 0 Å². The fourth-order valence-electron chi connectivity index (χ4n) is 2.85. The van der Waals surface area contributed by atoms with Gasteiger partial charge in [0.05, 0.1) is 11.1 Å². The molecule has 27 heavy (non-hydrogen) atoms. The lowest BCUT2D eigenvalue weighted by atomic mass is 10.1. The maximum absolute atomic E-state index is 12.4. The van der Waals surface area contributed by atoms with Crippen molar-refractivity contribution in [1.29, 1.82) is 0 Å². The Balaban J connectivity index is 1.81. The van der Waals surface area contributed by atoms with Crippen LogP contribution >= 0.6 is 0 Å². The van der Waals surface area contributed by atoms with Crippen LogP contribution in [0.25, 0.3) is 0 Å². The van der Waals surface area contributed by atoms with Gasteiger partial charge in [-0.2, -0.15) is 0 Å². The summed E-state index contributed by atoms with van der Waals surface area (Å²) in [4.78, 5) is 49.9. The molecule has 0 aliphatic carbocycles. The van der Waals surface area contributed by atoms with E-state index in [0.717, 1.165) is 12.0 Å². The molecule has 146 valence electrons. The zero-order valence-corrected chi connectivity index (χ0v) is 16.3. The van der Waals surface area contributed by atoms with E-state index in [-0.39, 0.29) is 42.6 Å². The van der Waals surface area contributed by atoms with Crippen LogP contribution in [0, 0.1) is 6.92 Å². The standard InChI is InChI=1S/C20H27N3O4/c1-5-13(3)21-18(25)14(4)22-17(24)7-6-10-23-19(26)15-9-8-12(2)11-16(15)20(23)27/h8-9,11,13-14H,5-7,10H2,1-4H3,(H,21,25)(H,22,24). The molecule has 1 aromatic rings. The van der Waals surface area contributed by atoms with E-state index in [1.807, 2.05) is 20.8 Å². The molecule has 0 saturated heterocycles. The Bertz CT molecular complexity index is 760. The van der Waals surface area contributed by atoms with Crippen molar-refractivity contribution in [1.82, 2.24) is 15.5 Å². The Morgan fingerprint density at radius 3 is 2.41 bits per heavy atom. The minimum absolute atomic E-state index is 0.0503. The highest BCUT2D eigenvalue weighted by Gasteiger charge is 2.35. The van der Waals surface area contributed by atoms with Gasteiger partial charge in [0.15, 0.2) is 0 Å². The number of imide groups is 1. The number of benzene rings is 1. The number of nitrogens with one attached hydrogen (secondary N) is 2. The molecule has 2 N–H and O–H groups in total. The van der Waals surface area contributed by atoms with Crippen molar-refractivity contribution < 1.29 is 19.2 Å². The number of carbonyl (C=O) groups excluding carboxylic acids is 4. The monoisotopic (exact) mass is 373 g/mol. The molecule has 2 rings (SSSR count). The van der Waals surface area contributed by atoms with E-state index in [1.165, 1.54) is 4.90 Å². The molecular formula is C20H27N3O4. The first-order valence-corrected chi connectivity index (χ1v) is 9.31. The third-order valence-corrected chi connectivity index (χ3v) is 4.68. The highest BCUT2D eigenvalue weighted by molar-refractivity contribution is 6.21. The molecule has 0 fully saturated rings. The van der Waals surface area contributed by atoms with E-state index in [4.69, 9.17) is 0 Å². The van der Waals surface area contributed by atoms with Crippen molar-refractivity contribution in [3.8, 4) is 0 Å². The second-order valence-electron chi connectivity index (χ2n) is 7.02. The molecule has 7 heteroatoms.